The highest BCUT2D eigenvalue weighted by Crippen LogP contribution is 2.14. The summed E-state index contributed by atoms with van der Waals surface area (Å²) < 4.78 is 0.954. The van der Waals surface area contributed by atoms with Gasteiger partial charge in [0, 0.05) is 36.2 Å². The molecule has 2 amide bonds. The molecule has 2 aromatic rings. The lowest BCUT2D eigenvalue weighted by Crippen LogP contribution is -2.51. The number of halogens is 1. The van der Waals surface area contributed by atoms with E-state index in [1.54, 1.807) is 0 Å². The fraction of sp³-hybridized carbons (Fsp3) is 0.263. The predicted octanol–water partition coefficient (Wildman–Crippen LogP) is 2.98. The molecule has 0 aromatic heterocycles. The maximum Gasteiger partial charge on any atom is 0.253 e. The number of carbonyl (C=O) groups is 2. The van der Waals surface area contributed by atoms with Gasteiger partial charge in [-0.2, -0.15) is 0 Å². The maximum absolute atomic E-state index is 12.5. The molecule has 5 heteroatoms. The molecular formula is C19H19BrN2O2. The standard InChI is InChI=1S/C19H19BrN2O2/c20-17-8-6-16(7-9-17)19(24)22-12-10-21(11-13-22)18(23)14-15-4-2-1-3-5-15/h1-9H,10-14H2. The van der Waals surface area contributed by atoms with E-state index < -0.39 is 0 Å². The minimum atomic E-state index is 0.0256. The molecule has 0 saturated carbocycles. The second kappa shape index (κ2) is 7.62. The van der Waals surface area contributed by atoms with Crippen molar-refractivity contribution in [3.8, 4) is 0 Å². The first-order valence-electron chi connectivity index (χ1n) is 8.00. The van der Waals surface area contributed by atoms with Crippen LogP contribution in [-0.4, -0.2) is 47.8 Å². The van der Waals surface area contributed by atoms with Crippen molar-refractivity contribution in [2.24, 2.45) is 0 Å². The molecule has 1 aliphatic heterocycles. The Bertz CT molecular complexity index is 708. The molecule has 0 spiro atoms. The zero-order chi connectivity index (χ0) is 16.9. The Morgan fingerprint density at radius 3 is 2.04 bits per heavy atom. The van der Waals surface area contributed by atoms with E-state index in [9.17, 15) is 9.59 Å². The molecule has 4 nitrogen and oxygen atoms in total. The Morgan fingerprint density at radius 2 is 1.42 bits per heavy atom. The Hall–Kier alpha value is -2.14. The number of amides is 2. The van der Waals surface area contributed by atoms with Gasteiger partial charge in [-0.15, -0.1) is 0 Å². The van der Waals surface area contributed by atoms with Crippen molar-refractivity contribution in [3.05, 3.63) is 70.2 Å². The van der Waals surface area contributed by atoms with Crippen LogP contribution in [-0.2, 0) is 11.2 Å². The number of hydrogen-bond acceptors (Lipinski definition) is 2. The Labute approximate surface area is 150 Å². The van der Waals surface area contributed by atoms with Gasteiger partial charge in [0.25, 0.3) is 5.91 Å². The highest BCUT2D eigenvalue weighted by molar-refractivity contribution is 9.10. The van der Waals surface area contributed by atoms with Crippen molar-refractivity contribution in [1.29, 1.82) is 0 Å². The molecule has 0 bridgehead atoms. The molecule has 1 heterocycles. The highest BCUT2D eigenvalue weighted by atomic mass is 79.9. The quantitative estimate of drug-likeness (QED) is 0.813. The summed E-state index contributed by atoms with van der Waals surface area (Å²) in [7, 11) is 0. The largest absolute Gasteiger partial charge is 0.339 e. The van der Waals surface area contributed by atoms with Gasteiger partial charge in [-0.3, -0.25) is 9.59 Å². The molecule has 0 aliphatic carbocycles. The summed E-state index contributed by atoms with van der Waals surface area (Å²) in [5.74, 6) is 0.148. The van der Waals surface area contributed by atoms with Gasteiger partial charge in [0.2, 0.25) is 5.91 Å². The number of benzene rings is 2. The number of nitrogens with zero attached hydrogens (tertiary/aromatic N) is 2. The van der Waals surface area contributed by atoms with Gasteiger partial charge in [0.05, 0.1) is 6.42 Å². The van der Waals surface area contributed by atoms with Crippen LogP contribution in [0.25, 0.3) is 0 Å². The first kappa shape index (κ1) is 16.7. The molecule has 3 rings (SSSR count). The summed E-state index contributed by atoms with van der Waals surface area (Å²) in [4.78, 5) is 28.5. The summed E-state index contributed by atoms with van der Waals surface area (Å²) in [5, 5.41) is 0. The van der Waals surface area contributed by atoms with Crippen LogP contribution in [0.3, 0.4) is 0 Å². The van der Waals surface area contributed by atoms with E-state index in [0.29, 0.717) is 38.2 Å². The molecule has 1 saturated heterocycles. The normalized spacial score (nSPS) is 14.5. The van der Waals surface area contributed by atoms with Crippen molar-refractivity contribution in [2.45, 2.75) is 6.42 Å². The lowest BCUT2D eigenvalue weighted by molar-refractivity contribution is -0.131. The van der Waals surface area contributed by atoms with Crippen LogP contribution in [0, 0.1) is 0 Å². The zero-order valence-electron chi connectivity index (χ0n) is 13.3. The topological polar surface area (TPSA) is 40.6 Å². The third kappa shape index (κ3) is 4.03. The fourth-order valence-corrected chi connectivity index (χ4v) is 3.08. The number of carbonyl (C=O) groups excluding carboxylic acids is 2. The van der Waals surface area contributed by atoms with E-state index in [2.05, 4.69) is 15.9 Å². The second-order valence-corrected chi connectivity index (χ2v) is 6.76. The smallest absolute Gasteiger partial charge is 0.253 e. The van der Waals surface area contributed by atoms with Crippen molar-refractivity contribution >= 4 is 27.7 Å². The van der Waals surface area contributed by atoms with Crippen molar-refractivity contribution in [3.63, 3.8) is 0 Å². The summed E-state index contributed by atoms with van der Waals surface area (Å²) in [6, 6.07) is 17.1. The molecule has 0 atom stereocenters. The van der Waals surface area contributed by atoms with E-state index in [1.165, 1.54) is 0 Å². The van der Waals surface area contributed by atoms with Crippen LogP contribution in [0.4, 0.5) is 0 Å². The average molecular weight is 387 g/mol. The zero-order valence-corrected chi connectivity index (χ0v) is 14.9. The third-order valence-corrected chi connectivity index (χ3v) is 4.74. The van der Waals surface area contributed by atoms with Crippen LogP contribution >= 0.6 is 15.9 Å². The van der Waals surface area contributed by atoms with Gasteiger partial charge >= 0.3 is 0 Å². The summed E-state index contributed by atoms with van der Waals surface area (Å²) in [5.41, 5.74) is 1.71. The fourth-order valence-electron chi connectivity index (χ4n) is 2.82. The summed E-state index contributed by atoms with van der Waals surface area (Å²) >= 11 is 3.37. The van der Waals surface area contributed by atoms with Gasteiger partial charge in [0.1, 0.15) is 0 Å². The monoisotopic (exact) mass is 386 g/mol. The first-order chi connectivity index (χ1) is 11.6. The highest BCUT2D eigenvalue weighted by Gasteiger charge is 2.24. The third-order valence-electron chi connectivity index (χ3n) is 4.21. The van der Waals surface area contributed by atoms with Crippen LogP contribution in [0.5, 0.6) is 0 Å². The molecule has 124 valence electrons. The predicted molar refractivity (Wildman–Crippen MR) is 96.8 cm³/mol. The Balaban J connectivity index is 1.54. The van der Waals surface area contributed by atoms with Gasteiger partial charge in [-0.05, 0) is 29.8 Å². The number of rotatable bonds is 3. The first-order valence-corrected chi connectivity index (χ1v) is 8.79. The average Bonchev–Trinajstić information content (AvgIpc) is 2.63. The van der Waals surface area contributed by atoms with Crippen molar-refractivity contribution < 1.29 is 9.59 Å². The van der Waals surface area contributed by atoms with E-state index in [0.717, 1.165) is 10.0 Å². The number of hydrogen-bond donors (Lipinski definition) is 0. The van der Waals surface area contributed by atoms with Gasteiger partial charge in [-0.1, -0.05) is 46.3 Å². The molecule has 0 radical (unpaired) electrons. The molecule has 1 fully saturated rings. The van der Waals surface area contributed by atoms with Gasteiger partial charge in [-0.25, -0.2) is 0 Å². The van der Waals surface area contributed by atoms with E-state index in [1.807, 2.05) is 64.4 Å². The van der Waals surface area contributed by atoms with E-state index >= 15 is 0 Å². The minimum Gasteiger partial charge on any atom is -0.339 e. The summed E-state index contributed by atoms with van der Waals surface area (Å²) in [6.45, 7) is 2.34. The summed E-state index contributed by atoms with van der Waals surface area (Å²) in [6.07, 6.45) is 0.418. The van der Waals surface area contributed by atoms with Crippen molar-refractivity contribution in [2.75, 3.05) is 26.2 Å². The minimum absolute atomic E-state index is 0.0256. The molecule has 2 aromatic carbocycles. The van der Waals surface area contributed by atoms with Crippen LogP contribution < -0.4 is 0 Å². The molecule has 0 N–H and O–H groups in total. The molecular weight excluding hydrogens is 368 g/mol. The Kier molecular flexibility index (Phi) is 5.30. The van der Waals surface area contributed by atoms with E-state index in [-0.39, 0.29) is 11.8 Å². The SMILES string of the molecule is O=C(Cc1ccccc1)N1CCN(C(=O)c2ccc(Br)cc2)CC1. The van der Waals surface area contributed by atoms with Crippen LogP contribution in [0.15, 0.2) is 59.1 Å². The molecule has 1 aliphatic rings. The molecule has 24 heavy (non-hydrogen) atoms. The Morgan fingerprint density at radius 1 is 0.833 bits per heavy atom. The van der Waals surface area contributed by atoms with Crippen molar-refractivity contribution in [1.82, 2.24) is 9.80 Å². The lowest BCUT2D eigenvalue weighted by atomic mass is 10.1. The second-order valence-electron chi connectivity index (χ2n) is 5.84. The lowest BCUT2D eigenvalue weighted by Gasteiger charge is -2.35. The van der Waals surface area contributed by atoms with E-state index in [4.69, 9.17) is 0 Å². The van der Waals surface area contributed by atoms with Gasteiger partial charge < -0.3 is 9.80 Å². The van der Waals surface area contributed by atoms with Crippen LogP contribution in [0.2, 0.25) is 0 Å². The molecule has 0 unspecified atom stereocenters. The van der Waals surface area contributed by atoms with Crippen LogP contribution in [0.1, 0.15) is 15.9 Å². The number of piperazine rings is 1. The maximum atomic E-state index is 12.5. The van der Waals surface area contributed by atoms with Gasteiger partial charge in [0.15, 0.2) is 0 Å².